The average Bonchev–Trinajstić information content (AvgIpc) is 2.69. The van der Waals surface area contributed by atoms with E-state index in [1.165, 1.54) is 0 Å². The zero-order valence-electron chi connectivity index (χ0n) is 17.4. The van der Waals surface area contributed by atoms with Gasteiger partial charge in [-0.1, -0.05) is 23.7 Å². The van der Waals surface area contributed by atoms with E-state index in [0.717, 1.165) is 42.9 Å². The lowest BCUT2D eigenvalue weighted by molar-refractivity contribution is -0.148. The fourth-order valence-electron chi connectivity index (χ4n) is 4.21. The Balaban J connectivity index is 1.35. The van der Waals surface area contributed by atoms with Gasteiger partial charge in [0.25, 0.3) is 0 Å². The smallest absolute Gasteiger partial charge is 0.234 e. The van der Waals surface area contributed by atoms with E-state index >= 15 is 0 Å². The van der Waals surface area contributed by atoms with Crippen molar-refractivity contribution >= 4 is 23.4 Å². The third-order valence-electron chi connectivity index (χ3n) is 5.68. The topological polar surface area (TPSA) is 61.9 Å². The molecule has 2 aliphatic rings. The zero-order chi connectivity index (χ0) is 20.8. The van der Waals surface area contributed by atoms with Gasteiger partial charge in [-0.15, -0.1) is 0 Å². The Bertz CT molecular complexity index is 679. The number of likely N-dealkylation sites (tertiary alicyclic amines) is 1. The highest BCUT2D eigenvalue weighted by atomic mass is 35.5. The van der Waals surface area contributed by atoms with Gasteiger partial charge in [-0.3, -0.25) is 14.5 Å². The summed E-state index contributed by atoms with van der Waals surface area (Å²) in [7, 11) is 0. The SMILES string of the molecule is CC1CN(C(=O)C2CCN(CC(=O)NCCc3ccc(Cl)cc3)CC2)CC(C)O1. The molecule has 0 bridgehead atoms. The zero-order valence-corrected chi connectivity index (χ0v) is 18.2. The number of ether oxygens (including phenoxy) is 1. The van der Waals surface area contributed by atoms with Gasteiger partial charge in [-0.2, -0.15) is 0 Å². The Morgan fingerprint density at radius 2 is 1.72 bits per heavy atom. The third-order valence-corrected chi connectivity index (χ3v) is 5.94. The number of halogens is 1. The number of amides is 2. The fourth-order valence-corrected chi connectivity index (χ4v) is 4.34. The van der Waals surface area contributed by atoms with Crippen molar-refractivity contribution in [2.24, 2.45) is 5.92 Å². The van der Waals surface area contributed by atoms with E-state index in [9.17, 15) is 9.59 Å². The molecule has 2 fully saturated rings. The van der Waals surface area contributed by atoms with Crippen LogP contribution < -0.4 is 5.32 Å². The van der Waals surface area contributed by atoms with Crippen LogP contribution >= 0.6 is 11.6 Å². The normalized spacial score (nSPS) is 23.8. The van der Waals surface area contributed by atoms with Crippen LogP contribution in [0.4, 0.5) is 0 Å². The first-order chi connectivity index (χ1) is 13.9. The van der Waals surface area contributed by atoms with E-state index < -0.39 is 0 Å². The largest absolute Gasteiger partial charge is 0.372 e. The number of rotatable bonds is 6. The summed E-state index contributed by atoms with van der Waals surface area (Å²) in [5, 5.41) is 3.71. The number of carbonyl (C=O) groups is 2. The van der Waals surface area contributed by atoms with Crippen LogP contribution in [0.5, 0.6) is 0 Å². The van der Waals surface area contributed by atoms with Crippen molar-refractivity contribution in [1.29, 1.82) is 0 Å². The summed E-state index contributed by atoms with van der Waals surface area (Å²) in [5.74, 6) is 0.357. The van der Waals surface area contributed by atoms with E-state index in [-0.39, 0.29) is 29.9 Å². The van der Waals surface area contributed by atoms with Crippen LogP contribution in [0.25, 0.3) is 0 Å². The van der Waals surface area contributed by atoms with Gasteiger partial charge in [0.1, 0.15) is 0 Å². The average molecular weight is 422 g/mol. The number of hydrogen-bond donors (Lipinski definition) is 1. The third kappa shape index (κ3) is 6.69. The first-order valence-corrected chi connectivity index (χ1v) is 11.0. The van der Waals surface area contributed by atoms with E-state index in [1.54, 1.807) is 0 Å². The van der Waals surface area contributed by atoms with Gasteiger partial charge < -0.3 is 15.0 Å². The molecule has 2 heterocycles. The van der Waals surface area contributed by atoms with Crippen LogP contribution in [0.2, 0.25) is 5.02 Å². The van der Waals surface area contributed by atoms with E-state index in [4.69, 9.17) is 16.3 Å². The molecule has 2 saturated heterocycles. The van der Waals surface area contributed by atoms with Gasteiger partial charge in [0.05, 0.1) is 18.8 Å². The second-order valence-corrected chi connectivity index (χ2v) is 8.71. The molecule has 7 heteroatoms. The molecule has 0 aliphatic carbocycles. The van der Waals surface area contributed by atoms with Crippen LogP contribution in [0.15, 0.2) is 24.3 Å². The minimum atomic E-state index is 0.0413. The predicted molar refractivity (Wildman–Crippen MR) is 114 cm³/mol. The van der Waals surface area contributed by atoms with Crippen LogP contribution in [-0.2, 0) is 20.7 Å². The van der Waals surface area contributed by atoms with Crippen LogP contribution in [-0.4, -0.2) is 73.1 Å². The molecule has 6 nitrogen and oxygen atoms in total. The molecule has 160 valence electrons. The summed E-state index contributed by atoms with van der Waals surface area (Å²) < 4.78 is 5.73. The number of benzene rings is 1. The molecule has 2 aliphatic heterocycles. The lowest BCUT2D eigenvalue weighted by Gasteiger charge is -2.39. The minimum absolute atomic E-state index is 0.0413. The van der Waals surface area contributed by atoms with Crippen molar-refractivity contribution in [2.75, 3.05) is 39.3 Å². The maximum absolute atomic E-state index is 12.8. The second kappa shape index (κ2) is 10.4. The van der Waals surface area contributed by atoms with Crippen LogP contribution in [0.1, 0.15) is 32.3 Å². The first-order valence-electron chi connectivity index (χ1n) is 10.6. The van der Waals surface area contributed by atoms with Crippen LogP contribution in [0, 0.1) is 5.92 Å². The van der Waals surface area contributed by atoms with Crippen molar-refractivity contribution in [1.82, 2.24) is 15.1 Å². The summed E-state index contributed by atoms with van der Waals surface area (Å²) in [6.07, 6.45) is 2.61. The van der Waals surface area contributed by atoms with Gasteiger partial charge in [-0.25, -0.2) is 0 Å². The van der Waals surface area contributed by atoms with Gasteiger partial charge in [0, 0.05) is 30.6 Å². The molecule has 0 saturated carbocycles. The molecule has 2 atom stereocenters. The van der Waals surface area contributed by atoms with Crippen molar-refractivity contribution in [3.63, 3.8) is 0 Å². The van der Waals surface area contributed by atoms with Gasteiger partial charge in [-0.05, 0) is 63.9 Å². The highest BCUT2D eigenvalue weighted by Gasteiger charge is 2.32. The molecule has 2 unspecified atom stereocenters. The van der Waals surface area contributed by atoms with E-state index in [2.05, 4.69) is 10.2 Å². The molecule has 1 aromatic carbocycles. The van der Waals surface area contributed by atoms with E-state index in [1.807, 2.05) is 43.0 Å². The lowest BCUT2D eigenvalue weighted by Crippen LogP contribution is -2.52. The number of carbonyl (C=O) groups excluding carboxylic acids is 2. The van der Waals surface area contributed by atoms with Crippen molar-refractivity contribution in [2.45, 2.75) is 45.3 Å². The highest BCUT2D eigenvalue weighted by Crippen LogP contribution is 2.22. The summed E-state index contributed by atoms with van der Waals surface area (Å²) in [6, 6.07) is 7.68. The first kappa shape index (κ1) is 22.1. The summed E-state index contributed by atoms with van der Waals surface area (Å²) in [4.78, 5) is 29.2. The minimum Gasteiger partial charge on any atom is -0.372 e. The standard InChI is InChI=1S/C22H32ClN3O3/c1-16-13-26(14-17(2)29-16)22(28)19-8-11-25(12-9-19)15-21(27)24-10-7-18-3-5-20(23)6-4-18/h3-6,16-17,19H,7-15H2,1-2H3,(H,24,27). The molecule has 3 rings (SSSR count). The molecule has 29 heavy (non-hydrogen) atoms. The maximum atomic E-state index is 12.8. The quantitative estimate of drug-likeness (QED) is 0.765. The molecular formula is C22H32ClN3O3. The monoisotopic (exact) mass is 421 g/mol. The Kier molecular flexibility index (Phi) is 7.92. The number of nitrogens with one attached hydrogen (secondary N) is 1. The van der Waals surface area contributed by atoms with Crippen molar-refractivity contribution in [3.05, 3.63) is 34.9 Å². The fraction of sp³-hybridized carbons (Fsp3) is 0.636. The molecule has 0 aromatic heterocycles. The summed E-state index contributed by atoms with van der Waals surface area (Å²) in [6.45, 7) is 7.98. The lowest BCUT2D eigenvalue weighted by atomic mass is 9.94. The second-order valence-electron chi connectivity index (χ2n) is 8.28. The highest BCUT2D eigenvalue weighted by molar-refractivity contribution is 6.30. The molecular weight excluding hydrogens is 390 g/mol. The van der Waals surface area contributed by atoms with Gasteiger partial charge >= 0.3 is 0 Å². The maximum Gasteiger partial charge on any atom is 0.234 e. The Labute approximate surface area is 178 Å². The summed E-state index contributed by atoms with van der Waals surface area (Å²) >= 11 is 5.89. The summed E-state index contributed by atoms with van der Waals surface area (Å²) in [5.41, 5.74) is 1.15. The number of hydrogen-bond acceptors (Lipinski definition) is 4. The molecule has 2 amide bonds. The van der Waals surface area contributed by atoms with Gasteiger partial charge in [0.2, 0.25) is 11.8 Å². The Morgan fingerprint density at radius 1 is 1.10 bits per heavy atom. The predicted octanol–water partition coefficient (Wildman–Crippen LogP) is 2.35. The number of morpholine rings is 1. The molecule has 0 spiro atoms. The number of piperidine rings is 1. The molecule has 1 N–H and O–H groups in total. The van der Waals surface area contributed by atoms with Gasteiger partial charge in [0.15, 0.2) is 0 Å². The van der Waals surface area contributed by atoms with E-state index in [0.29, 0.717) is 26.2 Å². The molecule has 0 radical (unpaired) electrons. The number of nitrogens with zero attached hydrogens (tertiary/aromatic N) is 2. The molecule has 1 aromatic rings. The Hall–Kier alpha value is -1.63. The Morgan fingerprint density at radius 3 is 2.34 bits per heavy atom. The van der Waals surface area contributed by atoms with Crippen molar-refractivity contribution in [3.8, 4) is 0 Å². The van der Waals surface area contributed by atoms with Crippen LogP contribution in [0.3, 0.4) is 0 Å². The van der Waals surface area contributed by atoms with Crippen molar-refractivity contribution < 1.29 is 14.3 Å².